The van der Waals surface area contributed by atoms with Gasteiger partial charge in [-0.2, -0.15) is 127 Å². The van der Waals surface area contributed by atoms with Crippen LogP contribution in [0, 0.1) is 0 Å². The SMILES string of the molecule is CCCCCCCCO[n+]1ccc2ccccc2c1.FC(F)(F)c1cc([B-](c2cc(C(F)(F)F)cc(C(F)(F)F)c2)(c2cc(C(F)(F)F)cc(C(F)(F)F)c2)c2cc(C(F)(F)F)cc(C(F)(F)F)c2)cc(C(F)(F)F)c1. The normalized spacial score (nSPS) is 13.4. The minimum absolute atomic E-state index is 0.691. The molecule has 5 aromatic carbocycles. The van der Waals surface area contributed by atoms with Crippen molar-refractivity contribution in [3.05, 3.63) is 160 Å². The van der Waals surface area contributed by atoms with E-state index in [-0.39, 0.29) is 0 Å². The van der Waals surface area contributed by atoms with E-state index in [0.29, 0.717) is 0 Å². The summed E-state index contributed by atoms with van der Waals surface area (Å²) >= 11 is 0. The third kappa shape index (κ3) is 14.8. The van der Waals surface area contributed by atoms with Crippen LogP contribution in [0.25, 0.3) is 10.8 Å². The highest BCUT2D eigenvalue weighted by atomic mass is 19.4. The highest BCUT2D eigenvalue weighted by molar-refractivity contribution is 7.20. The smallest absolute Gasteiger partial charge is 0.271 e. The molecule has 0 bridgehead atoms. The molecule has 0 fully saturated rings. The minimum atomic E-state index is -6.13. The second-order valence-corrected chi connectivity index (χ2v) is 17.3. The number of fused-ring (bicyclic) bond motifs is 1. The third-order valence-electron chi connectivity index (χ3n) is 11.8. The third-order valence-corrected chi connectivity index (χ3v) is 11.8. The number of unbranched alkanes of at least 4 members (excludes halogenated alkanes) is 5. The van der Waals surface area contributed by atoms with E-state index in [1.54, 1.807) is 0 Å². The van der Waals surface area contributed by atoms with Gasteiger partial charge in [-0.3, -0.25) is 4.84 Å². The Bertz CT molecular complexity index is 2520. The maximum absolute atomic E-state index is 14.2. The van der Waals surface area contributed by atoms with Crippen molar-refractivity contribution in [2.24, 2.45) is 0 Å². The number of hydrogen-bond donors (Lipinski definition) is 0. The molecule has 414 valence electrons. The Kier molecular flexibility index (Phi) is 17.5. The lowest BCUT2D eigenvalue weighted by atomic mass is 9.12. The van der Waals surface area contributed by atoms with E-state index in [1.807, 2.05) is 17.1 Å². The van der Waals surface area contributed by atoms with Crippen LogP contribution >= 0.6 is 0 Å². The second-order valence-electron chi connectivity index (χ2n) is 17.3. The van der Waals surface area contributed by atoms with Crippen LogP contribution in [-0.2, 0) is 49.4 Å². The molecule has 27 heteroatoms. The lowest BCUT2D eigenvalue weighted by molar-refractivity contribution is -0.890. The molecule has 0 saturated carbocycles. The van der Waals surface area contributed by atoms with Crippen LogP contribution in [-0.4, -0.2) is 12.8 Å². The first kappa shape index (κ1) is 60.6. The molecule has 0 N–H and O–H groups in total. The Labute approximate surface area is 414 Å². The summed E-state index contributed by atoms with van der Waals surface area (Å²) in [5.41, 5.74) is -30.2. The molecule has 0 spiro atoms. The van der Waals surface area contributed by atoms with Gasteiger partial charge in [0, 0.05) is 10.8 Å². The number of hydrogen-bond acceptors (Lipinski definition) is 1. The van der Waals surface area contributed by atoms with Gasteiger partial charge >= 0.3 is 49.4 Å². The predicted octanol–water partition coefficient (Wildman–Crippen LogP) is 15.1. The monoisotopic (exact) mass is 1120 g/mol. The molecule has 0 aliphatic carbocycles. The standard InChI is InChI=1S/C32H12BF24.C17H24NO/c34-25(35,36)13-1-14(26(37,38)39)6-21(5-13)33(22-7-15(27(40,41)42)2-16(8-22)28(43,44)45,23-9-17(29(46,47)48)3-18(10-23)30(49,50)51)24-11-19(31(52,53)54)4-20(12-24)32(55,56)57;1-2-3-4-5-6-9-14-19-18-13-12-16-10-7-8-11-17(16)15-18/h1-12H;7-8,10-13,15H,2-6,9,14H2,1H3/q-1;+1. The van der Waals surface area contributed by atoms with Crippen molar-refractivity contribution in [1.82, 2.24) is 0 Å². The van der Waals surface area contributed by atoms with E-state index < -0.39 is 195 Å². The average Bonchev–Trinajstić information content (AvgIpc) is 3.29. The van der Waals surface area contributed by atoms with E-state index in [4.69, 9.17) is 4.84 Å². The molecule has 1 heterocycles. The summed E-state index contributed by atoms with van der Waals surface area (Å²) in [7, 11) is 0. The zero-order valence-electron chi connectivity index (χ0n) is 38.4. The molecule has 76 heavy (non-hydrogen) atoms. The van der Waals surface area contributed by atoms with Gasteiger partial charge in [0.15, 0.2) is 6.61 Å². The molecule has 0 atom stereocenters. The molecule has 1 aromatic heterocycles. The first-order valence-electron chi connectivity index (χ1n) is 22.1. The van der Waals surface area contributed by atoms with Gasteiger partial charge in [0.2, 0.25) is 12.4 Å². The van der Waals surface area contributed by atoms with Crippen molar-refractivity contribution in [2.75, 3.05) is 6.61 Å². The van der Waals surface area contributed by atoms with Crippen molar-refractivity contribution in [2.45, 2.75) is 94.9 Å². The Morgan fingerprint density at radius 3 is 0.882 bits per heavy atom. The van der Waals surface area contributed by atoms with E-state index in [9.17, 15) is 105 Å². The fraction of sp³-hybridized carbons (Fsp3) is 0.327. The lowest BCUT2D eigenvalue weighted by Crippen LogP contribution is -2.75. The van der Waals surface area contributed by atoms with Crippen molar-refractivity contribution >= 4 is 38.8 Å². The molecular formula is C49H36BF24NO. The van der Waals surface area contributed by atoms with Gasteiger partial charge in [0.05, 0.1) is 49.9 Å². The van der Waals surface area contributed by atoms with Crippen LogP contribution in [0.1, 0.15) is 90.0 Å². The van der Waals surface area contributed by atoms with Gasteiger partial charge in [-0.05, 0) is 48.6 Å². The molecule has 0 saturated heterocycles. The van der Waals surface area contributed by atoms with Crippen molar-refractivity contribution in [3.63, 3.8) is 0 Å². The first-order chi connectivity index (χ1) is 34.7. The number of nitrogens with zero attached hydrogens (tertiary/aromatic N) is 1. The summed E-state index contributed by atoms with van der Waals surface area (Å²) in [4.78, 5) is 5.74. The second kappa shape index (κ2) is 22.0. The van der Waals surface area contributed by atoms with Gasteiger partial charge in [-0.1, -0.05) is 99.3 Å². The van der Waals surface area contributed by atoms with Gasteiger partial charge in [0.25, 0.3) is 0 Å². The highest BCUT2D eigenvalue weighted by Gasteiger charge is 2.47. The van der Waals surface area contributed by atoms with Crippen LogP contribution in [0.2, 0.25) is 0 Å². The molecule has 6 aromatic rings. The first-order valence-corrected chi connectivity index (χ1v) is 22.1. The lowest BCUT2D eigenvalue weighted by Gasteiger charge is -2.46. The van der Waals surface area contributed by atoms with E-state index in [2.05, 4.69) is 37.3 Å². The van der Waals surface area contributed by atoms with E-state index in [0.717, 1.165) is 13.0 Å². The fourth-order valence-corrected chi connectivity index (χ4v) is 8.32. The summed E-state index contributed by atoms with van der Waals surface area (Å²) in [5, 5.41) is 2.47. The Morgan fingerprint density at radius 1 is 0.342 bits per heavy atom. The van der Waals surface area contributed by atoms with E-state index in [1.165, 1.54) is 42.9 Å². The molecular weight excluding hydrogens is 1090 g/mol. The number of rotatable bonds is 12. The summed E-state index contributed by atoms with van der Waals surface area (Å²) in [6, 6.07) is 1.63. The maximum Gasteiger partial charge on any atom is 0.416 e. The molecule has 0 radical (unpaired) electrons. The van der Waals surface area contributed by atoms with Crippen molar-refractivity contribution in [3.8, 4) is 0 Å². The van der Waals surface area contributed by atoms with Crippen molar-refractivity contribution in [1.29, 1.82) is 0 Å². The number of halogens is 24. The van der Waals surface area contributed by atoms with Gasteiger partial charge in [0.1, 0.15) is 6.15 Å². The zero-order chi connectivity index (χ0) is 57.3. The molecule has 2 nitrogen and oxygen atoms in total. The molecule has 0 aliphatic heterocycles. The summed E-state index contributed by atoms with van der Waals surface area (Å²) < 4.78 is 343. The van der Waals surface area contributed by atoms with Crippen LogP contribution in [0.3, 0.4) is 0 Å². The number of aromatic nitrogens is 1. The minimum Gasteiger partial charge on any atom is -0.271 e. The van der Waals surface area contributed by atoms with E-state index >= 15 is 0 Å². The predicted molar refractivity (Wildman–Crippen MR) is 229 cm³/mol. The number of pyridine rings is 1. The Morgan fingerprint density at radius 2 is 0.605 bits per heavy atom. The topological polar surface area (TPSA) is 13.1 Å². The van der Waals surface area contributed by atoms with Gasteiger partial charge in [-0.15, -0.1) is 0 Å². The van der Waals surface area contributed by atoms with Gasteiger partial charge in [-0.25, -0.2) is 0 Å². The highest BCUT2D eigenvalue weighted by Crippen LogP contribution is 2.41. The molecule has 0 amide bonds. The summed E-state index contributed by atoms with van der Waals surface area (Å²) in [6.07, 6.45) is -43.0. The Balaban J connectivity index is 0.000000468. The fourth-order valence-electron chi connectivity index (χ4n) is 8.32. The molecule has 0 unspecified atom stereocenters. The maximum atomic E-state index is 14.2. The quantitative estimate of drug-likeness (QED) is 0.0515. The van der Waals surface area contributed by atoms with Crippen LogP contribution in [0.5, 0.6) is 0 Å². The summed E-state index contributed by atoms with van der Waals surface area (Å²) in [6.45, 7) is 3.05. The number of alkyl halides is 24. The van der Waals surface area contributed by atoms with Gasteiger partial charge < -0.3 is 0 Å². The van der Waals surface area contributed by atoms with Crippen molar-refractivity contribution < 1.29 is 115 Å². The van der Waals surface area contributed by atoms with Crippen LogP contribution < -0.4 is 31.4 Å². The van der Waals surface area contributed by atoms with Crippen LogP contribution in [0.15, 0.2) is 116 Å². The average molecular weight is 1120 g/mol. The largest absolute Gasteiger partial charge is 0.416 e. The van der Waals surface area contributed by atoms with Crippen LogP contribution in [0.4, 0.5) is 105 Å². The Hall–Kier alpha value is -6.31. The molecule has 0 aliphatic rings. The number of benzene rings is 5. The summed E-state index contributed by atoms with van der Waals surface area (Å²) in [5.74, 6) is 0. The zero-order valence-corrected chi connectivity index (χ0v) is 38.4. The molecule has 6 rings (SSSR count).